The Labute approximate surface area is 196 Å². The lowest BCUT2D eigenvalue weighted by atomic mass is 9.86. The number of benzene rings is 2. The van der Waals surface area contributed by atoms with Crippen molar-refractivity contribution in [1.29, 1.82) is 0 Å². The summed E-state index contributed by atoms with van der Waals surface area (Å²) in [4.78, 5) is 13.0. The molecule has 0 saturated heterocycles. The average Bonchev–Trinajstić information content (AvgIpc) is 3.52. The lowest BCUT2D eigenvalue weighted by Crippen LogP contribution is -3.00. The van der Waals surface area contributed by atoms with E-state index in [1.165, 1.54) is 37.1 Å². The van der Waals surface area contributed by atoms with Gasteiger partial charge in [-0.25, -0.2) is 22.7 Å². The van der Waals surface area contributed by atoms with Crippen molar-refractivity contribution in [3.63, 3.8) is 0 Å². The van der Waals surface area contributed by atoms with E-state index in [1.807, 2.05) is 23.9 Å². The van der Waals surface area contributed by atoms with E-state index in [4.69, 9.17) is 4.74 Å². The minimum absolute atomic E-state index is 0. The van der Waals surface area contributed by atoms with Gasteiger partial charge in [-0.05, 0) is 54.2 Å². The third kappa shape index (κ3) is 5.07. The van der Waals surface area contributed by atoms with Crippen LogP contribution < -0.4 is 21.5 Å². The van der Waals surface area contributed by atoms with Gasteiger partial charge in [-0.15, -0.1) is 0 Å². The van der Waals surface area contributed by atoms with Crippen LogP contribution >= 0.6 is 0 Å². The van der Waals surface area contributed by atoms with Crippen molar-refractivity contribution < 1.29 is 45.0 Å². The van der Waals surface area contributed by atoms with Crippen LogP contribution in [0, 0.1) is 24.5 Å². The Morgan fingerprint density at radius 1 is 1.09 bits per heavy atom. The maximum atomic E-state index is 13.4. The van der Waals surface area contributed by atoms with Gasteiger partial charge >= 0.3 is 5.97 Å². The second-order valence-electron chi connectivity index (χ2n) is 7.99. The van der Waals surface area contributed by atoms with Crippen LogP contribution in [0.4, 0.5) is 8.78 Å². The van der Waals surface area contributed by atoms with Crippen LogP contribution in [0.5, 0.6) is 0 Å². The van der Waals surface area contributed by atoms with Crippen molar-refractivity contribution in [2.75, 3.05) is 6.61 Å². The lowest BCUT2D eigenvalue weighted by molar-refractivity contribution is -0.705. The number of imidazole rings is 1. The summed E-state index contributed by atoms with van der Waals surface area (Å²) in [6, 6.07) is 9.87. The van der Waals surface area contributed by atoms with E-state index >= 15 is 0 Å². The SMILES string of the molecule is Cc1n(CCOC(=O)C(O)(c2ccc(F)cc2)c2ccc(F)cc2)cc[n+]1CC1CC1.[Br-]. The minimum Gasteiger partial charge on any atom is -1.00 e. The van der Waals surface area contributed by atoms with Gasteiger partial charge in [-0.1, -0.05) is 24.3 Å². The van der Waals surface area contributed by atoms with Gasteiger partial charge in [0.1, 0.15) is 37.2 Å². The second-order valence-corrected chi connectivity index (χ2v) is 7.99. The molecule has 170 valence electrons. The van der Waals surface area contributed by atoms with Crippen LogP contribution in [0.15, 0.2) is 60.9 Å². The molecule has 4 rings (SSSR count). The Balaban J connectivity index is 0.00000289. The summed E-state index contributed by atoms with van der Waals surface area (Å²) in [7, 11) is 0. The van der Waals surface area contributed by atoms with E-state index in [1.54, 1.807) is 0 Å². The molecular weight excluding hydrogens is 482 g/mol. The molecule has 1 saturated carbocycles. The number of esters is 1. The zero-order valence-corrected chi connectivity index (χ0v) is 19.3. The van der Waals surface area contributed by atoms with Crippen LogP contribution in [0.1, 0.15) is 29.8 Å². The first kappa shape index (κ1) is 24.1. The molecule has 1 N–H and O–H groups in total. The van der Waals surface area contributed by atoms with Gasteiger partial charge < -0.3 is 26.8 Å². The van der Waals surface area contributed by atoms with E-state index in [0.29, 0.717) is 6.54 Å². The summed E-state index contributed by atoms with van der Waals surface area (Å²) in [5.74, 6) is -0.0854. The highest BCUT2D eigenvalue weighted by Gasteiger charge is 2.42. The first-order chi connectivity index (χ1) is 14.9. The summed E-state index contributed by atoms with van der Waals surface area (Å²) in [6.07, 6.45) is 6.49. The van der Waals surface area contributed by atoms with Gasteiger partial charge in [-0.2, -0.15) is 0 Å². The van der Waals surface area contributed by atoms with Crippen molar-refractivity contribution >= 4 is 5.97 Å². The predicted molar refractivity (Wildman–Crippen MR) is 109 cm³/mol. The zero-order valence-electron chi connectivity index (χ0n) is 17.7. The third-order valence-electron chi connectivity index (χ3n) is 5.79. The number of hydrogen-bond acceptors (Lipinski definition) is 3. The van der Waals surface area contributed by atoms with Crippen LogP contribution in [-0.4, -0.2) is 22.2 Å². The molecule has 5 nitrogen and oxygen atoms in total. The Morgan fingerprint density at radius 2 is 1.62 bits per heavy atom. The average molecular weight is 507 g/mol. The van der Waals surface area contributed by atoms with Crippen molar-refractivity contribution in [3.8, 4) is 0 Å². The molecule has 2 aromatic carbocycles. The molecule has 32 heavy (non-hydrogen) atoms. The molecule has 0 bridgehead atoms. The number of carbonyl (C=O) groups is 1. The number of rotatable bonds is 8. The van der Waals surface area contributed by atoms with Crippen LogP contribution in [0.2, 0.25) is 0 Å². The van der Waals surface area contributed by atoms with Gasteiger partial charge in [0, 0.05) is 6.92 Å². The fourth-order valence-corrected chi connectivity index (χ4v) is 3.68. The second kappa shape index (κ2) is 9.92. The Bertz CT molecular complexity index is 1020. The normalized spacial score (nSPS) is 13.5. The fraction of sp³-hybridized carbons (Fsp3) is 0.333. The molecule has 1 heterocycles. The lowest BCUT2D eigenvalue weighted by Gasteiger charge is -2.27. The minimum atomic E-state index is -2.18. The number of halogens is 3. The molecule has 1 aliphatic rings. The number of ether oxygens (including phenoxy) is 1. The molecule has 0 aliphatic heterocycles. The number of aliphatic hydroxyl groups is 1. The largest absolute Gasteiger partial charge is 1.00 e. The van der Waals surface area contributed by atoms with Gasteiger partial charge in [0.05, 0.1) is 6.54 Å². The Morgan fingerprint density at radius 3 is 2.12 bits per heavy atom. The maximum Gasteiger partial charge on any atom is 0.347 e. The Hall–Kier alpha value is -2.58. The molecule has 0 amide bonds. The van der Waals surface area contributed by atoms with E-state index in [-0.39, 0.29) is 34.7 Å². The monoisotopic (exact) mass is 506 g/mol. The van der Waals surface area contributed by atoms with Crippen LogP contribution in [0.3, 0.4) is 0 Å². The molecule has 3 aromatic rings. The van der Waals surface area contributed by atoms with E-state index in [2.05, 4.69) is 4.57 Å². The summed E-state index contributed by atoms with van der Waals surface area (Å²) in [5.41, 5.74) is -1.89. The van der Waals surface area contributed by atoms with E-state index < -0.39 is 23.2 Å². The standard InChI is InChI=1S/C24H25F2N2O3.BrH/c1-17-27(12-13-28(17)16-18-2-3-18)14-15-31-23(29)24(30,19-4-8-21(25)9-5-19)20-6-10-22(26)11-7-20;/h4-13,18,30H,2-3,14-16H2,1H3;1H/q+1;/p-1. The molecule has 0 unspecified atom stereocenters. The molecule has 0 spiro atoms. The van der Waals surface area contributed by atoms with Crippen LogP contribution in [0.25, 0.3) is 0 Å². The van der Waals surface area contributed by atoms with Gasteiger partial charge in [-0.3, -0.25) is 0 Å². The van der Waals surface area contributed by atoms with Crippen molar-refractivity contribution in [1.82, 2.24) is 4.57 Å². The summed E-state index contributed by atoms with van der Waals surface area (Å²) in [5, 5.41) is 11.3. The summed E-state index contributed by atoms with van der Waals surface area (Å²) < 4.78 is 36.4. The van der Waals surface area contributed by atoms with E-state index in [0.717, 1.165) is 42.6 Å². The first-order valence-corrected chi connectivity index (χ1v) is 10.3. The number of aromatic nitrogens is 2. The first-order valence-electron chi connectivity index (χ1n) is 10.3. The van der Waals surface area contributed by atoms with Gasteiger partial charge in [0.15, 0.2) is 0 Å². The Kier molecular flexibility index (Phi) is 7.46. The molecule has 1 fully saturated rings. The maximum absolute atomic E-state index is 13.4. The van der Waals surface area contributed by atoms with Crippen molar-refractivity contribution in [2.24, 2.45) is 5.92 Å². The zero-order chi connectivity index (χ0) is 22.0. The number of nitrogens with zero attached hydrogens (tertiary/aromatic N) is 2. The van der Waals surface area contributed by atoms with E-state index in [9.17, 15) is 18.7 Å². The van der Waals surface area contributed by atoms with Crippen LogP contribution in [-0.2, 0) is 28.2 Å². The highest BCUT2D eigenvalue weighted by atomic mass is 79.9. The van der Waals surface area contributed by atoms with Gasteiger partial charge in [0.25, 0.3) is 5.82 Å². The van der Waals surface area contributed by atoms with Crippen molar-refractivity contribution in [2.45, 2.75) is 38.5 Å². The highest BCUT2D eigenvalue weighted by molar-refractivity contribution is 5.85. The number of hydrogen-bond donors (Lipinski definition) is 1. The molecule has 0 radical (unpaired) electrons. The molecule has 1 aromatic heterocycles. The summed E-state index contributed by atoms with van der Waals surface area (Å²) >= 11 is 0. The fourth-order valence-electron chi connectivity index (χ4n) is 3.68. The summed E-state index contributed by atoms with van der Waals surface area (Å²) in [6.45, 7) is 3.48. The molecule has 0 atom stereocenters. The third-order valence-corrected chi connectivity index (χ3v) is 5.79. The quantitative estimate of drug-likeness (QED) is 0.352. The number of carbonyl (C=O) groups excluding carboxylic acids is 1. The molecule has 1 aliphatic carbocycles. The predicted octanol–water partition coefficient (Wildman–Crippen LogP) is 0.256. The molecule has 8 heteroatoms. The highest BCUT2D eigenvalue weighted by Crippen LogP contribution is 2.32. The van der Waals surface area contributed by atoms with Crippen molar-refractivity contribution in [3.05, 3.63) is 89.5 Å². The van der Waals surface area contributed by atoms with Gasteiger partial charge in [0.2, 0.25) is 5.60 Å². The molecular formula is C24H25BrF2N2O3. The topological polar surface area (TPSA) is 55.3 Å². The smallest absolute Gasteiger partial charge is 0.347 e.